The number of ether oxygens (including phenoxy) is 2. The number of benzene rings is 2. The molecule has 1 aromatic heterocycles. The molecule has 0 saturated carbocycles. The van der Waals surface area contributed by atoms with Crippen LogP contribution in [0.5, 0.6) is 11.5 Å². The highest BCUT2D eigenvalue weighted by atomic mass is 35.5. The third-order valence-corrected chi connectivity index (χ3v) is 4.76. The van der Waals surface area contributed by atoms with E-state index in [0.717, 1.165) is 11.1 Å². The fourth-order valence-electron chi connectivity index (χ4n) is 3.07. The van der Waals surface area contributed by atoms with Gasteiger partial charge in [0.15, 0.2) is 11.5 Å². The Balaban J connectivity index is 1.31. The van der Waals surface area contributed by atoms with Gasteiger partial charge in [0.2, 0.25) is 0 Å². The Hall–Kier alpha value is -2.99. The van der Waals surface area contributed by atoms with Gasteiger partial charge < -0.3 is 14.8 Å². The molecule has 0 unspecified atom stereocenters. The Bertz CT molecular complexity index is 956. The third-order valence-electron chi connectivity index (χ3n) is 4.48. The van der Waals surface area contributed by atoms with Gasteiger partial charge in [-0.2, -0.15) is 5.10 Å². The highest BCUT2D eigenvalue weighted by Gasteiger charge is 2.16. The van der Waals surface area contributed by atoms with Crippen LogP contribution < -0.4 is 14.8 Å². The molecule has 0 saturated heterocycles. The summed E-state index contributed by atoms with van der Waals surface area (Å²) >= 11 is 6.25. The molecule has 1 aliphatic rings. The van der Waals surface area contributed by atoms with Crippen LogP contribution in [0.15, 0.2) is 54.9 Å². The second-order valence-electron chi connectivity index (χ2n) is 6.51. The van der Waals surface area contributed by atoms with Crippen molar-refractivity contribution in [2.24, 2.45) is 0 Å². The van der Waals surface area contributed by atoms with Crippen molar-refractivity contribution in [3.05, 3.63) is 76.6 Å². The first-order valence-corrected chi connectivity index (χ1v) is 9.49. The summed E-state index contributed by atoms with van der Waals surface area (Å²) in [5, 5.41) is 7.66. The Kier molecular flexibility index (Phi) is 5.48. The molecule has 0 atom stereocenters. The molecular formula is C21H20ClN3O3. The molecule has 144 valence electrons. The molecule has 28 heavy (non-hydrogen) atoms. The molecule has 0 bridgehead atoms. The minimum atomic E-state index is -0.103. The lowest BCUT2D eigenvalue weighted by molar-refractivity contribution is 0.0954. The SMILES string of the molecule is O=C(NCCc1cc(Cl)c2c(c1)OCCO2)c1ccc(Cn2cccn2)cc1. The standard InChI is InChI=1S/C21H20ClN3O3/c22-18-12-16(13-19-20(18)28-11-10-27-19)6-8-23-21(26)17-4-2-15(3-5-17)14-25-9-1-7-24-25/h1-5,7,9,12-13H,6,8,10-11,14H2,(H,23,26). The maximum absolute atomic E-state index is 12.4. The van der Waals surface area contributed by atoms with E-state index in [4.69, 9.17) is 21.1 Å². The van der Waals surface area contributed by atoms with Crippen LogP contribution in [0.3, 0.4) is 0 Å². The molecule has 4 rings (SSSR count). The maximum Gasteiger partial charge on any atom is 0.251 e. The monoisotopic (exact) mass is 397 g/mol. The van der Waals surface area contributed by atoms with Gasteiger partial charge in [0.25, 0.3) is 5.91 Å². The van der Waals surface area contributed by atoms with Crippen molar-refractivity contribution >= 4 is 17.5 Å². The molecule has 0 fully saturated rings. The summed E-state index contributed by atoms with van der Waals surface area (Å²) in [4.78, 5) is 12.4. The van der Waals surface area contributed by atoms with Gasteiger partial charge in [-0.05, 0) is 47.9 Å². The molecule has 2 heterocycles. The lowest BCUT2D eigenvalue weighted by Crippen LogP contribution is -2.25. The van der Waals surface area contributed by atoms with Crippen molar-refractivity contribution < 1.29 is 14.3 Å². The number of amides is 1. The van der Waals surface area contributed by atoms with E-state index >= 15 is 0 Å². The van der Waals surface area contributed by atoms with Gasteiger partial charge in [-0.1, -0.05) is 23.7 Å². The van der Waals surface area contributed by atoms with Crippen molar-refractivity contribution in [1.29, 1.82) is 0 Å². The summed E-state index contributed by atoms with van der Waals surface area (Å²) in [6.45, 7) is 2.20. The van der Waals surface area contributed by atoms with Gasteiger partial charge in [0, 0.05) is 24.5 Å². The van der Waals surface area contributed by atoms with E-state index in [1.165, 1.54) is 0 Å². The van der Waals surface area contributed by atoms with Crippen molar-refractivity contribution in [2.75, 3.05) is 19.8 Å². The molecular weight excluding hydrogens is 378 g/mol. The van der Waals surface area contributed by atoms with E-state index in [1.54, 1.807) is 6.20 Å². The van der Waals surface area contributed by atoms with Crippen LogP contribution in [0.2, 0.25) is 5.02 Å². The molecule has 0 radical (unpaired) electrons. The number of carbonyl (C=O) groups excluding carboxylic acids is 1. The van der Waals surface area contributed by atoms with E-state index < -0.39 is 0 Å². The van der Waals surface area contributed by atoms with E-state index in [2.05, 4.69) is 10.4 Å². The van der Waals surface area contributed by atoms with E-state index in [1.807, 2.05) is 53.3 Å². The molecule has 7 heteroatoms. The molecule has 6 nitrogen and oxygen atoms in total. The number of hydrogen-bond acceptors (Lipinski definition) is 4. The van der Waals surface area contributed by atoms with Crippen LogP contribution in [0.1, 0.15) is 21.5 Å². The van der Waals surface area contributed by atoms with Crippen molar-refractivity contribution in [2.45, 2.75) is 13.0 Å². The minimum absolute atomic E-state index is 0.103. The lowest BCUT2D eigenvalue weighted by atomic mass is 10.1. The molecule has 1 amide bonds. The van der Waals surface area contributed by atoms with Crippen molar-refractivity contribution in [3.63, 3.8) is 0 Å². The number of fused-ring (bicyclic) bond motifs is 1. The number of nitrogens with one attached hydrogen (secondary N) is 1. The first-order chi connectivity index (χ1) is 13.7. The molecule has 2 aromatic carbocycles. The van der Waals surface area contributed by atoms with Crippen LogP contribution in [0.4, 0.5) is 0 Å². The smallest absolute Gasteiger partial charge is 0.251 e. The number of rotatable bonds is 6. The predicted octanol–water partition coefficient (Wildman–Crippen LogP) is 3.33. The summed E-state index contributed by atoms with van der Waals surface area (Å²) in [6.07, 6.45) is 4.31. The van der Waals surface area contributed by atoms with Crippen LogP contribution in [0, 0.1) is 0 Å². The van der Waals surface area contributed by atoms with Gasteiger partial charge >= 0.3 is 0 Å². The Labute approximate surface area is 168 Å². The number of halogens is 1. The quantitative estimate of drug-likeness (QED) is 0.693. The summed E-state index contributed by atoms with van der Waals surface area (Å²) in [5.41, 5.74) is 2.71. The zero-order chi connectivity index (χ0) is 19.3. The second-order valence-corrected chi connectivity index (χ2v) is 6.92. The Morgan fingerprint density at radius 1 is 1.14 bits per heavy atom. The Morgan fingerprint density at radius 3 is 2.75 bits per heavy atom. The summed E-state index contributed by atoms with van der Waals surface area (Å²) in [5.74, 6) is 1.15. The normalized spacial score (nSPS) is 12.6. The molecule has 1 aliphatic heterocycles. The van der Waals surface area contributed by atoms with Crippen LogP contribution in [-0.4, -0.2) is 35.4 Å². The summed E-state index contributed by atoms with van der Waals surface area (Å²) < 4.78 is 12.9. The average molecular weight is 398 g/mol. The highest BCUT2D eigenvalue weighted by molar-refractivity contribution is 6.32. The molecule has 0 aliphatic carbocycles. The minimum Gasteiger partial charge on any atom is -0.486 e. The van der Waals surface area contributed by atoms with E-state index in [-0.39, 0.29) is 5.91 Å². The summed E-state index contributed by atoms with van der Waals surface area (Å²) in [7, 11) is 0. The molecule has 3 aromatic rings. The number of nitrogens with zero attached hydrogens (tertiary/aromatic N) is 2. The first kappa shape index (κ1) is 18.4. The van der Waals surface area contributed by atoms with Gasteiger partial charge in [0.05, 0.1) is 11.6 Å². The largest absolute Gasteiger partial charge is 0.486 e. The molecule has 0 spiro atoms. The number of aromatic nitrogens is 2. The third kappa shape index (κ3) is 4.28. The van der Waals surface area contributed by atoms with Gasteiger partial charge in [-0.25, -0.2) is 0 Å². The molecule has 1 N–H and O–H groups in total. The van der Waals surface area contributed by atoms with Crippen LogP contribution in [-0.2, 0) is 13.0 Å². The Morgan fingerprint density at radius 2 is 1.96 bits per heavy atom. The second kappa shape index (κ2) is 8.35. The highest BCUT2D eigenvalue weighted by Crippen LogP contribution is 2.38. The maximum atomic E-state index is 12.4. The summed E-state index contributed by atoms with van der Waals surface area (Å²) in [6, 6.07) is 13.2. The topological polar surface area (TPSA) is 65.4 Å². The number of carbonyl (C=O) groups is 1. The van der Waals surface area contributed by atoms with Gasteiger partial charge in [-0.3, -0.25) is 9.48 Å². The van der Waals surface area contributed by atoms with Gasteiger partial charge in [0.1, 0.15) is 13.2 Å². The zero-order valence-corrected chi connectivity index (χ0v) is 16.0. The van der Waals surface area contributed by atoms with E-state index in [0.29, 0.717) is 54.8 Å². The van der Waals surface area contributed by atoms with Crippen molar-refractivity contribution in [3.8, 4) is 11.5 Å². The van der Waals surface area contributed by atoms with Gasteiger partial charge in [-0.15, -0.1) is 0 Å². The van der Waals surface area contributed by atoms with Crippen LogP contribution in [0.25, 0.3) is 0 Å². The lowest BCUT2D eigenvalue weighted by Gasteiger charge is -2.20. The fraction of sp³-hybridized carbons (Fsp3) is 0.238. The fourth-order valence-corrected chi connectivity index (χ4v) is 3.36. The predicted molar refractivity (Wildman–Crippen MR) is 106 cm³/mol. The zero-order valence-electron chi connectivity index (χ0n) is 15.2. The number of hydrogen-bond donors (Lipinski definition) is 1. The average Bonchev–Trinajstić information content (AvgIpc) is 3.21. The van der Waals surface area contributed by atoms with Crippen LogP contribution >= 0.6 is 11.6 Å². The van der Waals surface area contributed by atoms with Crippen molar-refractivity contribution in [1.82, 2.24) is 15.1 Å². The van der Waals surface area contributed by atoms with E-state index in [9.17, 15) is 4.79 Å². The first-order valence-electron chi connectivity index (χ1n) is 9.11.